The average molecular weight is 345 g/mol. The minimum absolute atomic E-state index is 0.0148. The van der Waals surface area contributed by atoms with Crippen LogP contribution in [0.4, 0.5) is 0 Å². The molecule has 0 bridgehead atoms. The number of piperidine rings is 1. The molecule has 2 fully saturated rings. The molecule has 2 aromatic heterocycles. The minimum Gasteiger partial charge on any atom is -0.348 e. The van der Waals surface area contributed by atoms with Crippen molar-refractivity contribution in [3.05, 3.63) is 34.0 Å². The molecule has 1 saturated carbocycles. The van der Waals surface area contributed by atoms with Gasteiger partial charge in [-0.3, -0.25) is 9.48 Å². The summed E-state index contributed by atoms with van der Waals surface area (Å²) in [6.07, 6.45) is 11.2. The Balaban J connectivity index is 1.41. The molecule has 0 radical (unpaired) electrons. The van der Waals surface area contributed by atoms with E-state index >= 15 is 0 Å². The number of aryl methyl sites for hydroxylation is 1. The molecule has 0 unspecified atom stereocenters. The van der Waals surface area contributed by atoms with Crippen LogP contribution in [0.1, 0.15) is 59.5 Å². The number of carbonyl (C=O) groups is 1. The summed E-state index contributed by atoms with van der Waals surface area (Å²) < 4.78 is 1.78. The van der Waals surface area contributed by atoms with Crippen molar-refractivity contribution < 1.29 is 4.79 Å². The fourth-order valence-corrected chi connectivity index (χ4v) is 4.45. The Morgan fingerprint density at radius 1 is 1.38 bits per heavy atom. The first kappa shape index (κ1) is 15.8. The summed E-state index contributed by atoms with van der Waals surface area (Å²) in [7, 11) is 1.90. The van der Waals surface area contributed by atoms with Crippen molar-refractivity contribution in [3.63, 3.8) is 0 Å². The summed E-state index contributed by atoms with van der Waals surface area (Å²) in [5, 5.41) is 12.3. The number of thiazole rings is 1. The second-order valence-corrected chi connectivity index (χ2v) is 7.96. The molecule has 3 heterocycles. The smallest absolute Gasteiger partial charge is 0.220 e. The molecule has 1 amide bonds. The summed E-state index contributed by atoms with van der Waals surface area (Å²) in [6.45, 7) is 0.807. The highest BCUT2D eigenvalue weighted by Gasteiger charge is 2.30. The van der Waals surface area contributed by atoms with E-state index in [1.165, 1.54) is 29.1 Å². The molecule has 1 saturated heterocycles. The van der Waals surface area contributed by atoms with Gasteiger partial charge in [0.25, 0.3) is 0 Å². The number of amides is 1. The van der Waals surface area contributed by atoms with Crippen molar-refractivity contribution in [2.45, 2.75) is 56.7 Å². The van der Waals surface area contributed by atoms with Crippen molar-refractivity contribution >= 4 is 17.2 Å². The Labute approximate surface area is 145 Å². The summed E-state index contributed by atoms with van der Waals surface area (Å²) in [5.41, 5.74) is 1.06. The van der Waals surface area contributed by atoms with Gasteiger partial charge in [-0.05, 0) is 19.3 Å². The summed E-state index contributed by atoms with van der Waals surface area (Å²) >= 11 is 1.83. The molecule has 4 rings (SSSR count). The molecule has 6 nitrogen and oxygen atoms in total. The van der Waals surface area contributed by atoms with Crippen LogP contribution < -0.4 is 10.6 Å². The maximum absolute atomic E-state index is 11.8. The standard InChI is InChI=1S/C17H23N5OS/c1-22-10-12(7-20-22)16-14(5-6-15(23)21-16)18-8-13-9-19-17(24-13)11-3-2-4-11/h7,9-11,14,16,18H,2-6,8H2,1H3,(H,21,23)/t14-,16+/m1/s1. The van der Waals surface area contributed by atoms with Gasteiger partial charge in [-0.15, -0.1) is 11.3 Å². The fraction of sp³-hybridized carbons (Fsp3) is 0.588. The first-order chi connectivity index (χ1) is 11.7. The average Bonchev–Trinajstić information content (AvgIpc) is 3.14. The molecule has 2 aromatic rings. The summed E-state index contributed by atoms with van der Waals surface area (Å²) in [5.74, 6) is 0.813. The van der Waals surface area contributed by atoms with E-state index in [2.05, 4.69) is 20.7 Å². The second-order valence-electron chi connectivity index (χ2n) is 6.81. The third kappa shape index (κ3) is 3.23. The van der Waals surface area contributed by atoms with Gasteiger partial charge in [-0.2, -0.15) is 5.10 Å². The largest absolute Gasteiger partial charge is 0.348 e. The van der Waals surface area contributed by atoms with E-state index in [1.807, 2.05) is 37.0 Å². The van der Waals surface area contributed by atoms with Gasteiger partial charge >= 0.3 is 0 Å². The zero-order chi connectivity index (χ0) is 16.5. The van der Waals surface area contributed by atoms with Gasteiger partial charge in [-0.25, -0.2) is 4.98 Å². The number of nitrogens with zero attached hydrogens (tertiary/aromatic N) is 3. The van der Waals surface area contributed by atoms with Crippen LogP contribution in [0.25, 0.3) is 0 Å². The normalized spacial score (nSPS) is 24.6. The molecule has 1 aliphatic carbocycles. The van der Waals surface area contributed by atoms with Crippen LogP contribution in [0.5, 0.6) is 0 Å². The number of aromatic nitrogens is 3. The van der Waals surface area contributed by atoms with Gasteiger partial charge in [0.15, 0.2) is 0 Å². The second kappa shape index (κ2) is 6.64. The van der Waals surface area contributed by atoms with Crippen molar-refractivity contribution in [2.24, 2.45) is 7.05 Å². The number of hydrogen-bond donors (Lipinski definition) is 2. The molecule has 2 N–H and O–H groups in total. The van der Waals surface area contributed by atoms with Crippen LogP contribution in [0.15, 0.2) is 18.6 Å². The first-order valence-corrected chi connectivity index (χ1v) is 9.46. The van der Waals surface area contributed by atoms with E-state index in [0.29, 0.717) is 12.3 Å². The van der Waals surface area contributed by atoms with E-state index < -0.39 is 0 Å². The predicted molar refractivity (Wildman–Crippen MR) is 92.7 cm³/mol. The number of carbonyl (C=O) groups excluding carboxylic acids is 1. The van der Waals surface area contributed by atoms with Crippen LogP contribution in [0.2, 0.25) is 0 Å². The Hall–Kier alpha value is -1.73. The van der Waals surface area contributed by atoms with Crippen LogP contribution in [0.3, 0.4) is 0 Å². The van der Waals surface area contributed by atoms with Crippen LogP contribution in [-0.4, -0.2) is 26.7 Å². The Morgan fingerprint density at radius 3 is 2.96 bits per heavy atom. The molecule has 7 heteroatoms. The van der Waals surface area contributed by atoms with Crippen molar-refractivity contribution in [2.75, 3.05) is 0 Å². The highest BCUT2D eigenvalue weighted by molar-refractivity contribution is 7.11. The topological polar surface area (TPSA) is 71.8 Å². The van der Waals surface area contributed by atoms with Crippen molar-refractivity contribution in [1.29, 1.82) is 0 Å². The lowest BCUT2D eigenvalue weighted by Crippen LogP contribution is -2.48. The van der Waals surface area contributed by atoms with Crippen LogP contribution in [0, 0.1) is 0 Å². The lowest BCUT2D eigenvalue weighted by atomic mass is 9.86. The molecule has 24 heavy (non-hydrogen) atoms. The van der Waals surface area contributed by atoms with E-state index in [-0.39, 0.29) is 18.0 Å². The lowest BCUT2D eigenvalue weighted by Gasteiger charge is -2.32. The number of hydrogen-bond acceptors (Lipinski definition) is 5. The SMILES string of the molecule is Cn1cc([C@@H]2NC(=O)CC[C@H]2NCc2cnc(C3CCC3)s2)cn1. The summed E-state index contributed by atoms with van der Waals surface area (Å²) in [6, 6.07) is 0.208. The minimum atomic E-state index is -0.0148. The van der Waals surface area contributed by atoms with Crippen LogP contribution in [-0.2, 0) is 18.4 Å². The zero-order valence-electron chi connectivity index (χ0n) is 13.9. The molecular formula is C17H23N5OS. The first-order valence-electron chi connectivity index (χ1n) is 8.65. The fourth-order valence-electron chi connectivity index (χ4n) is 3.42. The predicted octanol–water partition coefficient (Wildman–Crippen LogP) is 2.25. The van der Waals surface area contributed by atoms with Gasteiger partial charge in [-0.1, -0.05) is 6.42 Å². The molecule has 0 spiro atoms. The molecule has 0 aromatic carbocycles. The van der Waals surface area contributed by atoms with Gasteiger partial charge in [0.05, 0.1) is 17.2 Å². The molecule has 1 aliphatic heterocycles. The molecule has 2 aliphatic rings. The van der Waals surface area contributed by atoms with Gasteiger partial charge in [0.1, 0.15) is 0 Å². The highest BCUT2D eigenvalue weighted by atomic mass is 32.1. The molecule has 2 atom stereocenters. The summed E-state index contributed by atoms with van der Waals surface area (Å²) in [4.78, 5) is 17.7. The molecule has 128 valence electrons. The van der Waals surface area contributed by atoms with Crippen LogP contribution >= 0.6 is 11.3 Å². The Morgan fingerprint density at radius 2 is 2.25 bits per heavy atom. The van der Waals surface area contributed by atoms with Crippen molar-refractivity contribution in [3.8, 4) is 0 Å². The zero-order valence-corrected chi connectivity index (χ0v) is 14.7. The molecular weight excluding hydrogens is 322 g/mol. The van der Waals surface area contributed by atoms with E-state index in [0.717, 1.165) is 18.5 Å². The van der Waals surface area contributed by atoms with E-state index in [1.54, 1.807) is 4.68 Å². The van der Waals surface area contributed by atoms with E-state index in [9.17, 15) is 4.79 Å². The van der Waals surface area contributed by atoms with E-state index in [4.69, 9.17) is 0 Å². The third-order valence-electron chi connectivity index (χ3n) is 5.05. The number of nitrogens with one attached hydrogen (secondary N) is 2. The van der Waals surface area contributed by atoms with Crippen molar-refractivity contribution in [1.82, 2.24) is 25.4 Å². The maximum Gasteiger partial charge on any atom is 0.220 e. The third-order valence-corrected chi connectivity index (χ3v) is 6.21. The Bertz CT molecular complexity index is 720. The van der Waals surface area contributed by atoms with Gasteiger partial charge in [0.2, 0.25) is 5.91 Å². The monoisotopic (exact) mass is 345 g/mol. The lowest BCUT2D eigenvalue weighted by molar-refractivity contribution is -0.123. The Kier molecular flexibility index (Phi) is 4.37. The number of rotatable bonds is 5. The maximum atomic E-state index is 11.8. The van der Waals surface area contributed by atoms with Gasteiger partial charge in [0, 0.05) is 54.8 Å². The quantitative estimate of drug-likeness (QED) is 0.872. The highest BCUT2D eigenvalue weighted by Crippen LogP contribution is 2.38. The van der Waals surface area contributed by atoms with Gasteiger partial charge < -0.3 is 10.6 Å².